The average molecular weight is 350 g/mol. The summed E-state index contributed by atoms with van der Waals surface area (Å²) in [6.07, 6.45) is 3.88. The van der Waals surface area contributed by atoms with Gasteiger partial charge in [0.2, 0.25) is 11.8 Å². The number of thiophene rings is 1. The quantitative estimate of drug-likeness (QED) is 0.826. The molecular formula is C18H27N3O2S. The van der Waals surface area contributed by atoms with Crippen LogP contribution in [0.3, 0.4) is 0 Å². The second kappa shape index (κ2) is 7.66. The Morgan fingerprint density at radius 1 is 1.29 bits per heavy atom. The molecule has 1 aliphatic heterocycles. The maximum absolute atomic E-state index is 12.4. The Kier molecular flexibility index (Phi) is 5.56. The summed E-state index contributed by atoms with van der Waals surface area (Å²) < 4.78 is 0. The van der Waals surface area contributed by atoms with Gasteiger partial charge in [0, 0.05) is 41.3 Å². The van der Waals surface area contributed by atoms with Crippen molar-refractivity contribution in [2.75, 3.05) is 13.1 Å². The summed E-state index contributed by atoms with van der Waals surface area (Å²) in [5, 5.41) is 6.11. The van der Waals surface area contributed by atoms with Crippen LogP contribution in [0.15, 0.2) is 12.1 Å². The highest BCUT2D eigenvalue weighted by atomic mass is 32.1. The fourth-order valence-corrected chi connectivity index (χ4v) is 4.42. The van der Waals surface area contributed by atoms with E-state index in [9.17, 15) is 9.59 Å². The first-order valence-electron chi connectivity index (χ1n) is 8.94. The fourth-order valence-electron chi connectivity index (χ4n) is 3.51. The highest BCUT2D eigenvalue weighted by Gasteiger charge is 2.38. The largest absolute Gasteiger partial charge is 0.355 e. The van der Waals surface area contributed by atoms with Gasteiger partial charge >= 0.3 is 0 Å². The minimum Gasteiger partial charge on any atom is -0.355 e. The average Bonchev–Trinajstić information content (AvgIpc) is 3.04. The fraction of sp³-hybridized carbons (Fsp3) is 0.667. The minimum atomic E-state index is -0.154. The molecule has 0 unspecified atom stereocenters. The summed E-state index contributed by atoms with van der Waals surface area (Å²) in [6.45, 7) is 6.20. The molecule has 1 saturated heterocycles. The maximum atomic E-state index is 12.4. The van der Waals surface area contributed by atoms with E-state index in [1.165, 1.54) is 9.75 Å². The van der Waals surface area contributed by atoms with Crippen molar-refractivity contribution in [2.45, 2.75) is 58.2 Å². The standard InChI is InChI=1S/C18H27N3O2S/c1-3-19-18(23)16-9-14(20-17(22)13-5-4-6-13)10-21(16)11-15-8-7-12(2)24-15/h7-8,13-14,16H,3-6,9-11H2,1-2H3,(H,19,23)(H,20,22)/t14-,16+/m1/s1. The van der Waals surface area contributed by atoms with Crippen LogP contribution in [-0.4, -0.2) is 41.9 Å². The van der Waals surface area contributed by atoms with Crippen molar-refractivity contribution >= 4 is 23.2 Å². The lowest BCUT2D eigenvalue weighted by atomic mass is 9.84. The number of nitrogens with one attached hydrogen (secondary N) is 2. The first-order valence-corrected chi connectivity index (χ1v) is 9.76. The molecule has 1 saturated carbocycles. The van der Waals surface area contributed by atoms with E-state index < -0.39 is 0 Å². The molecular weight excluding hydrogens is 322 g/mol. The van der Waals surface area contributed by atoms with Crippen molar-refractivity contribution in [3.63, 3.8) is 0 Å². The lowest BCUT2D eigenvalue weighted by Gasteiger charge is -2.26. The number of aryl methyl sites for hydroxylation is 1. The normalized spacial score (nSPS) is 24.6. The number of rotatable bonds is 6. The summed E-state index contributed by atoms with van der Waals surface area (Å²) in [6, 6.07) is 4.17. The Labute approximate surface area is 147 Å². The molecule has 2 fully saturated rings. The molecule has 0 aromatic carbocycles. The van der Waals surface area contributed by atoms with E-state index in [0.29, 0.717) is 13.0 Å². The van der Waals surface area contributed by atoms with Crippen LogP contribution < -0.4 is 10.6 Å². The Balaban J connectivity index is 1.64. The number of amides is 2. The van der Waals surface area contributed by atoms with E-state index in [-0.39, 0.29) is 29.8 Å². The van der Waals surface area contributed by atoms with Crippen molar-refractivity contribution in [2.24, 2.45) is 5.92 Å². The summed E-state index contributed by atoms with van der Waals surface area (Å²) in [5.41, 5.74) is 0. The highest BCUT2D eigenvalue weighted by molar-refractivity contribution is 7.11. The van der Waals surface area contributed by atoms with Gasteiger partial charge in [-0.05, 0) is 45.2 Å². The third kappa shape index (κ3) is 3.98. The number of nitrogens with zero attached hydrogens (tertiary/aromatic N) is 1. The van der Waals surface area contributed by atoms with Crippen molar-refractivity contribution in [3.8, 4) is 0 Å². The van der Waals surface area contributed by atoms with Gasteiger partial charge in [0.15, 0.2) is 0 Å². The van der Waals surface area contributed by atoms with Crippen LogP contribution in [-0.2, 0) is 16.1 Å². The Morgan fingerprint density at radius 2 is 2.08 bits per heavy atom. The molecule has 2 heterocycles. The zero-order chi connectivity index (χ0) is 17.1. The lowest BCUT2D eigenvalue weighted by molar-refractivity contribution is -0.128. The van der Waals surface area contributed by atoms with Crippen molar-refractivity contribution in [1.29, 1.82) is 0 Å². The van der Waals surface area contributed by atoms with Crippen molar-refractivity contribution in [1.82, 2.24) is 15.5 Å². The van der Waals surface area contributed by atoms with Gasteiger partial charge in [0.05, 0.1) is 6.04 Å². The van der Waals surface area contributed by atoms with E-state index in [1.54, 1.807) is 11.3 Å². The number of hydrogen-bond donors (Lipinski definition) is 2. The first kappa shape index (κ1) is 17.4. The molecule has 0 radical (unpaired) electrons. The van der Waals surface area contributed by atoms with Gasteiger partial charge < -0.3 is 10.6 Å². The molecule has 2 aliphatic rings. The van der Waals surface area contributed by atoms with Crippen LogP contribution >= 0.6 is 11.3 Å². The van der Waals surface area contributed by atoms with E-state index in [2.05, 4.69) is 34.6 Å². The first-order chi connectivity index (χ1) is 11.6. The number of likely N-dealkylation sites (tertiary alicyclic amines) is 1. The van der Waals surface area contributed by atoms with Gasteiger partial charge in [0.25, 0.3) is 0 Å². The second-order valence-electron chi connectivity index (χ2n) is 6.92. The molecule has 6 heteroatoms. The van der Waals surface area contributed by atoms with Gasteiger partial charge in [-0.1, -0.05) is 6.42 Å². The molecule has 1 aromatic rings. The van der Waals surface area contributed by atoms with Crippen molar-refractivity contribution < 1.29 is 9.59 Å². The van der Waals surface area contributed by atoms with E-state index in [1.807, 2.05) is 6.92 Å². The Morgan fingerprint density at radius 3 is 2.67 bits per heavy atom. The molecule has 1 aromatic heterocycles. The highest BCUT2D eigenvalue weighted by Crippen LogP contribution is 2.28. The van der Waals surface area contributed by atoms with Gasteiger partial charge in [-0.3, -0.25) is 14.5 Å². The Hall–Kier alpha value is -1.40. The van der Waals surface area contributed by atoms with Crippen LogP contribution in [0, 0.1) is 12.8 Å². The van der Waals surface area contributed by atoms with Gasteiger partial charge in [0.1, 0.15) is 0 Å². The van der Waals surface area contributed by atoms with Gasteiger partial charge in [-0.25, -0.2) is 0 Å². The van der Waals surface area contributed by atoms with Gasteiger partial charge in [-0.15, -0.1) is 11.3 Å². The molecule has 24 heavy (non-hydrogen) atoms. The topological polar surface area (TPSA) is 61.4 Å². The van der Waals surface area contributed by atoms with E-state index in [0.717, 1.165) is 32.4 Å². The lowest BCUT2D eigenvalue weighted by Crippen LogP contribution is -2.42. The summed E-state index contributed by atoms with van der Waals surface area (Å²) in [4.78, 5) is 29.4. The van der Waals surface area contributed by atoms with Gasteiger partial charge in [-0.2, -0.15) is 0 Å². The predicted molar refractivity (Wildman–Crippen MR) is 95.8 cm³/mol. The number of likely N-dealkylation sites (N-methyl/N-ethyl adjacent to an activating group) is 1. The molecule has 3 rings (SSSR count). The van der Waals surface area contributed by atoms with Crippen molar-refractivity contribution in [3.05, 3.63) is 21.9 Å². The molecule has 0 bridgehead atoms. The summed E-state index contributed by atoms with van der Waals surface area (Å²) >= 11 is 1.77. The summed E-state index contributed by atoms with van der Waals surface area (Å²) in [5.74, 6) is 0.447. The second-order valence-corrected chi connectivity index (χ2v) is 8.29. The number of carbonyl (C=O) groups is 2. The molecule has 2 N–H and O–H groups in total. The van der Waals surface area contributed by atoms with Crippen LogP contribution in [0.25, 0.3) is 0 Å². The van der Waals surface area contributed by atoms with Crippen LogP contribution in [0.5, 0.6) is 0 Å². The SMILES string of the molecule is CCNC(=O)[C@@H]1C[C@@H](NC(=O)C2CCC2)CN1Cc1ccc(C)s1. The zero-order valence-electron chi connectivity index (χ0n) is 14.5. The smallest absolute Gasteiger partial charge is 0.237 e. The van der Waals surface area contributed by atoms with Crippen LogP contribution in [0.2, 0.25) is 0 Å². The summed E-state index contributed by atoms with van der Waals surface area (Å²) in [7, 11) is 0. The molecule has 2 atom stereocenters. The number of hydrogen-bond acceptors (Lipinski definition) is 4. The van der Waals surface area contributed by atoms with Crippen LogP contribution in [0.1, 0.15) is 42.4 Å². The monoisotopic (exact) mass is 349 g/mol. The van der Waals surface area contributed by atoms with E-state index >= 15 is 0 Å². The number of carbonyl (C=O) groups excluding carboxylic acids is 2. The third-order valence-electron chi connectivity index (χ3n) is 5.03. The molecule has 2 amide bonds. The maximum Gasteiger partial charge on any atom is 0.237 e. The predicted octanol–water partition coefficient (Wildman–Crippen LogP) is 2.05. The minimum absolute atomic E-state index is 0.0752. The molecule has 5 nitrogen and oxygen atoms in total. The zero-order valence-corrected chi connectivity index (χ0v) is 15.3. The Bertz CT molecular complexity index is 597. The van der Waals surface area contributed by atoms with Crippen LogP contribution in [0.4, 0.5) is 0 Å². The van der Waals surface area contributed by atoms with E-state index in [4.69, 9.17) is 0 Å². The third-order valence-corrected chi connectivity index (χ3v) is 6.02. The molecule has 132 valence electrons. The molecule has 1 aliphatic carbocycles. The molecule has 0 spiro atoms.